The molecule has 2 rings (SSSR count). The maximum Gasteiger partial charge on any atom is 0.357 e. The second-order valence-electron chi connectivity index (χ2n) is 4.05. The molecule has 0 unspecified atom stereocenters. The number of hydrogen-bond acceptors (Lipinski definition) is 3. The molecule has 1 aliphatic rings. The maximum absolute atomic E-state index is 12.1. The van der Waals surface area contributed by atoms with Gasteiger partial charge in [-0.1, -0.05) is 18.2 Å². The van der Waals surface area contributed by atoms with Crippen LogP contribution in [0.25, 0.3) is 0 Å². The summed E-state index contributed by atoms with van der Waals surface area (Å²) in [5.74, 6) is -1.83. The van der Waals surface area contributed by atoms with E-state index in [9.17, 15) is 14.7 Å². The number of carboxylic acid groups (broad SMARTS) is 1. The number of carbonyl (C=O) groups is 2. The highest BCUT2D eigenvalue weighted by atomic mass is 16.4. The van der Waals surface area contributed by atoms with E-state index in [4.69, 9.17) is 5.11 Å². The normalized spacial score (nSPS) is 23.7. The van der Waals surface area contributed by atoms with Gasteiger partial charge >= 0.3 is 5.97 Å². The monoisotopic (exact) mass is 235 g/mol. The molecule has 1 aliphatic heterocycles. The van der Waals surface area contributed by atoms with Gasteiger partial charge in [0, 0.05) is 18.5 Å². The molecule has 5 heteroatoms. The third-order valence-electron chi connectivity index (χ3n) is 2.96. The second-order valence-corrected chi connectivity index (χ2v) is 4.05. The Balaban J connectivity index is 2.29. The Labute approximate surface area is 98.3 Å². The molecule has 90 valence electrons. The Hall–Kier alpha value is -1.88. The van der Waals surface area contributed by atoms with Crippen molar-refractivity contribution in [3.05, 3.63) is 35.9 Å². The van der Waals surface area contributed by atoms with Gasteiger partial charge in [-0.15, -0.1) is 0 Å². The first kappa shape index (κ1) is 11.6. The van der Waals surface area contributed by atoms with Crippen molar-refractivity contribution in [3.63, 3.8) is 0 Å². The van der Waals surface area contributed by atoms with Crippen molar-refractivity contribution in [1.82, 2.24) is 4.90 Å². The zero-order valence-electron chi connectivity index (χ0n) is 9.17. The van der Waals surface area contributed by atoms with Crippen LogP contribution in [0.5, 0.6) is 0 Å². The van der Waals surface area contributed by atoms with Crippen LogP contribution < -0.4 is 0 Å². The lowest BCUT2D eigenvalue weighted by Gasteiger charge is -2.29. The minimum atomic E-state index is -2.06. The van der Waals surface area contributed by atoms with Gasteiger partial charge in [0.15, 0.2) is 0 Å². The van der Waals surface area contributed by atoms with Gasteiger partial charge in [0.05, 0.1) is 0 Å². The van der Waals surface area contributed by atoms with Gasteiger partial charge in [-0.05, 0) is 18.6 Å². The lowest BCUT2D eigenvalue weighted by atomic mass is 10.1. The number of benzene rings is 1. The molecule has 0 spiro atoms. The Morgan fingerprint density at radius 3 is 2.47 bits per heavy atom. The number of rotatable bonds is 2. The molecular formula is C12H13NO4. The van der Waals surface area contributed by atoms with E-state index in [1.54, 1.807) is 30.3 Å². The average Bonchev–Trinajstić information content (AvgIpc) is 2.73. The molecule has 1 aromatic carbocycles. The number of hydrogen-bond donors (Lipinski definition) is 2. The van der Waals surface area contributed by atoms with Crippen LogP contribution in [-0.4, -0.2) is 39.3 Å². The van der Waals surface area contributed by atoms with E-state index < -0.39 is 17.6 Å². The Morgan fingerprint density at radius 1 is 1.24 bits per heavy atom. The van der Waals surface area contributed by atoms with Gasteiger partial charge in [0.1, 0.15) is 0 Å². The van der Waals surface area contributed by atoms with Crippen LogP contribution in [0.2, 0.25) is 0 Å². The van der Waals surface area contributed by atoms with Crippen LogP contribution in [0, 0.1) is 0 Å². The number of likely N-dealkylation sites (tertiary alicyclic amines) is 1. The summed E-state index contributed by atoms with van der Waals surface area (Å²) in [4.78, 5) is 24.1. The van der Waals surface area contributed by atoms with E-state index in [1.807, 2.05) is 0 Å². The van der Waals surface area contributed by atoms with E-state index in [0.29, 0.717) is 12.0 Å². The van der Waals surface area contributed by atoms with Crippen LogP contribution in [-0.2, 0) is 4.79 Å². The van der Waals surface area contributed by atoms with Crippen LogP contribution in [0.1, 0.15) is 23.2 Å². The second kappa shape index (κ2) is 4.18. The summed E-state index contributed by atoms with van der Waals surface area (Å²) in [6.07, 6.45) is 0.558. The smallest absolute Gasteiger partial charge is 0.357 e. The van der Waals surface area contributed by atoms with Crippen molar-refractivity contribution < 1.29 is 19.8 Å². The highest BCUT2D eigenvalue weighted by Crippen LogP contribution is 2.28. The van der Waals surface area contributed by atoms with E-state index in [1.165, 1.54) is 0 Å². The fourth-order valence-electron chi connectivity index (χ4n) is 2.03. The van der Waals surface area contributed by atoms with Gasteiger partial charge in [0.2, 0.25) is 5.72 Å². The predicted octanol–water partition coefficient (Wildman–Crippen LogP) is 0.696. The predicted molar refractivity (Wildman–Crippen MR) is 59.3 cm³/mol. The topological polar surface area (TPSA) is 77.8 Å². The number of carbonyl (C=O) groups excluding carboxylic acids is 1. The Kier molecular flexibility index (Phi) is 2.85. The molecule has 1 saturated heterocycles. The largest absolute Gasteiger partial charge is 0.478 e. The molecule has 17 heavy (non-hydrogen) atoms. The molecule has 0 aliphatic carbocycles. The number of carboxylic acids is 1. The summed E-state index contributed by atoms with van der Waals surface area (Å²) in [6, 6.07) is 8.36. The summed E-state index contributed by atoms with van der Waals surface area (Å²) in [5.41, 5.74) is -1.68. The summed E-state index contributed by atoms with van der Waals surface area (Å²) in [5, 5.41) is 19.0. The summed E-state index contributed by atoms with van der Waals surface area (Å²) in [7, 11) is 0. The minimum absolute atomic E-state index is 0.0703. The number of aliphatic carboxylic acids is 1. The van der Waals surface area contributed by atoms with Crippen LogP contribution in [0.4, 0.5) is 0 Å². The van der Waals surface area contributed by atoms with Crippen LogP contribution in [0.3, 0.4) is 0 Å². The molecule has 1 aromatic rings. The highest BCUT2D eigenvalue weighted by Gasteiger charge is 2.48. The van der Waals surface area contributed by atoms with E-state index in [-0.39, 0.29) is 13.0 Å². The molecule has 1 atom stereocenters. The number of nitrogens with zero attached hydrogens (tertiary/aromatic N) is 1. The van der Waals surface area contributed by atoms with Crippen molar-refractivity contribution >= 4 is 11.9 Å². The van der Waals surface area contributed by atoms with E-state index in [0.717, 1.165) is 4.90 Å². The molecular weight excluding hydrogens is 222 g/mol. The molecule has 0 saturated carbocycles. The van der Waals surface area contributed by atoms with Crippen LogP contribution in [0.15, 0.2) is 30.3 Å². The van der Waals surface area contributed by atoms with Gasteiger partial charge in [-0.3, -0.25) is 4.79 Å². The molecule has 2 N–H and O–H groups in total. The van der Waals surface area contributed by atoms with E-state index >= 15 is 0 Å². The minimum Gasteiger partial charge on any atom is -0.478 e. The zero-order valence-corrected chi connectivity index (χ0v) is 9.17. The standard InChI is InChI=1S/C12H13NO4/c14-10(9-5-2-1-3-6-9)13-8-4-7-12(13,17)11(15)16/h1-3,5-6,17H,4,7-8H2,(H,15,16)/t12-/m1/s1. The van der Waals surface area contributed by atoms with Gasteiger partial charge in [0.25, 0.3) is 5.91 Å². The molecule has 0 bridgehead atoms. The number of aliphatic hydroxyl groups is 1. The maximum atomic E-state index is 12.1. The first-order valence-corrected chi connectivity index (χ1v) is 5.38. The Bertz CT molecular complexity index is 445. The fourth-order valence-corrected chi connectivity index (χ4v) is 2.03. The molecule has 0 radical (unpaired) electrons. The SMILES string of the molecule is O=C(c1ccccc1)N1CCC[C@@]1(O)C(=O)O. The summed E-state index contributed by atoms with van der Waals surface area (Å²) >= 11 is 0. The lowest BCUT2D eigenvalue weighted by molar-refractivity contribution is -0.171. The van der Waals surface area contributed by atoms with Gasteiger partial charge in [-0.2, -0.15) is 0 Å². The average molecular weight is 235 g/mol. The summed E-state index contributed by atoms with van der Waals surface area (Å²) < 4.78 is 0. The third kappa shape index (κ3) is 1.89. The van der Waals surface area contributed by atoms with Crippen molar-refractivity contribution in [2.75, 3.05) is 6.54 Å². The van der Waals surface area contributed by atoms with Crippen molar-refractivity contribution in [1.29, 1.82) is 0 Å². The van der Waals surface area contributed by atoms with Crippen LogP contribution >= 0.6 is 0 Å². The van der Waals surface area contributed by atoms with Crippen molar-refractivity contribution in [2.45, 2.75) is 18.6 Å². The lowest BCUT2D eigenvalue weighted by Crippen LogP contribution is -2.53. The molecule has 1 amide bonds. The van der Waals surface area contributed by atoms with E-state index in [2.05, 4.69) is 0 Å². The molecule has 1 fully saturated rings. The summed E-state index contributed by atoms with van der Waals surface area (Å²) in [6.45, 7) is 0.260. The van der Waals surface area contributed by atoms with Gasteiger partial charge < -0.3 is 15.1 Å². The first-order chi connectivity index (χ1) is 8.05. The zero-order chi connectivity index (χ0) is 12.5. The third-order valence-corrected chi connectivity index (χ3v) is 2.96. The highest BCUT2D eigenvalue weighted by molar-refractivity contribution is 5.97. The number of amides is 1. The quantitative estimate of drug-likeness (QED) is 0.790. The van der Waals surface area contributed by atoms with Gasteiger partial charge in [-0.25, -0.2) is 4.79 Å². The fraction of sp³-hybridized carbons (Fsp3) is 0.333. The molecule has 1 heterocycles. The first-order valence-electron chi connectivity index (χ1n) is 5.38. The van der Waals surface area contributed by atoms with Crippen molar-refractivity contribution in [3.8, 4) is 0 Å². The molecule has 5 nitrogen and oxygen atoms in total. The Morgan fingerprint density at radius 2 is 1.88 bits per heavy atom. The molecule has 0 aromatic heterocycles. The van der Waals surface area contributed by atoms with Crippen molar-refractivity contribution in [2.24, 2.45) is 0 Å².